The Balaban J connectivity index is 1.55. The number of rotatable bonds is 2. The fourth-order valence-corrected chi connectivity index (χ4v) is 10.9. The molecule has 4 heterocycles. The Bertz CT molecular complexity index is 1750. The zero-order chi connectivity index (χ0) is 23.4. The second kappa shape index (κ2) is 7.84. The predicted octanol–water partition coefficient (Wildman–Crippen LogP) is 7.91. The van der Waals surface area contributed by atoms with Crippen LogP contribution in [0.2, 0.25) is 0 Å². The summed E-state index contributed by atoms with van der Waals surface area (Å²) in [5.41, 5.74) is 1.89. The summed E-state index contributed by atoms with van der Waals surface area (Å²) < 4.78 is 7.38. The van der Waals surface area contributed by atoms with Crippen LogP contribution in [0.15, 0.2) is 21.7 Å². The molecule has 2 aliphatic rings. The molecule has 0 aromatic carbocycles. The van der Waals surface area contributed by atoms with Crippen molar-refractivity contribution < 1.29 is 0 Å². The van der Waals surface area contributed by atoms with E-state index in [-0.39, 0.29) is 17.0 Å². The summed E-state index contributed by atoms with van der Waals surface area (Å²) in [5.74, 6) is -0.150. The van der Waals surface area contributed by atoms with E-state index in [1.54, 1.807) is 34.0 Å². The Morgan fingerprint density at radius 3 is 2.32 bits per heavy atom. The van der Waals surface area contributed by atoms with Crippen molar-refractivity contribution in [2.75, 3.05) is 0 Å². The van der Waals surface area contributed by atoms with Gasteiger partial charge in [0, 0.05) is 21.9 Å². The van der Waals surface area contributed by atoms with E-state index in [1.807, 2.05) is 24.3 Å². The summed E-state index contributed by atoms with van der Waals surface area (Å²) in [5, 5.41) is 28.3. The molecule has 0 bridgehead atoms. The average molecular weight is 513 g/mol. The number of fused-ring (bicyclic) bond motifs is 8. The molecular weight excluding hydrogens is 501 g/mol. The minimum Gasteiger partial charge on any atom is -0.351 e. The molecule has 4 aromatic rings. The van der Waals surface area contributed by atoms with Crippen LogP contribution >= 0.6 is 45.3 Å². The molecule has 2 aliphatic carbocycles. The van der Waals surface area contributed by atoms with Gasteiger partial charge in [-0.15, -0.1) is 34.0 Å². The van der Waals surface area contributed by atoms with Crippen LogP contribution in [0.1, 0.15) is 42.5 Å². The number of nitrogens with zero attached hydrogens (tertiary/aromatic N) is 6. The molecule has 0 saturated heterocycles. The first-order valence-electron chi connectivity index (χ1n) is 10.5. The third kappa shape index (κ3) is 2.91. The molecule has 6 nitrogen and oxygen atoms in total. The standard InChI is InChI=1S/C24H12N6S4/c1-28-16(11-27)30-17-8-14-19(33-17)21-23(32-14)22-20(34-21)18-13(31-22)7-15(29-12(9-25)10-26)24(18)5-3-2-4-6-24/h7-8H,2-6H2. The van der Waals surface area contributed by atoms with Crippen molar-refractivity contribution in [1.82, 2.24) is 0 Å². The van der Waals surface area contributed by atoms with Gasteiger partial charge in [-0.05, 0) is 18.9 Å². The molecule has 1 fully saturated rings. The van der Waals surface area contributed by atoms with Crippen molar-refractivity contribution in [3.8, 4) is 18.2 Å². The van der Waals surface area contributed by atoms with Gasteiger partial charge >= 0.3 is 5.84 Å². The van der Waals surface area contributed by atoms with Crippen molar-refractivity contribution in [2.45, 2.75) is 37.5 Å². The lowest BCUT2D eigenvalue weighted by Crippen LogP contribution is -2.28. The number of allylic oxidation sites excluding steroid dienone is 1. The molecule has 1 saturated carbocycles. The number of aliphatic imine (C=N–C) groups is 2. The minimum absolute atomic E-state index is 0.0840. The Kier molecular flexibility index (Phi) is 4.88. The maximum absolute atomic E-state index is 9.30. The highest BCUT2D eigenvalue weighted by atomic mass is 32.1. The topological polar surface area (TPSA) is 100 Å². The Morgan fingerprint density at radius 1 is 0.882 bits per heavy atom. The second-order valence-corrected chi connectivity index (χ2v) is 12.3. The third-order valence-corrected chi connectivity index (χ3v) is 11.6. The van der Waals surface area contributed by atoms with Crippen molar-refractivity contribution >= 4 is 96.2 Å². The fraction of sp³-hybridized carbons (Fsp3) is 0.250. The molecule has 0 radical (unpaired) electrons. The quantitative estimate of drug-likeness (QED) is 0.155. The summed E-state index contributed by atoms with van der Waals surface area (Å²) in [6.45, 7) is 7.07. The van der Waals surface area contributed by atoms with Gasteiger partial charge in [0.15, 0.2) is 0 Å². The fourth-order valence-electron chi connectivity index (χ4n) is 5.06. The first-order chi connectivity index (χ1) is 16.6. The van der Waals surface area contributed by atoms with Crippen molar-refractivity contribution in [1.29, 1.82) is 15.8 Å². The van der Waals surface area contributed by atoms with Gasteiger partial charge in [-0.3, -0.25) is 0 Å². The molecule has 0 amide bonds. The van der Waals surface area contributed by atoms with Gasteiger partial charge in [-0.1, -0.05) is 42.2 Å². The van der Waals surface area contributed by atoms with E-state index in [0.717, 1.165) is 40.8 Å². The molecular formula is C24H12N6S4. The number of hydrogen-bond donors (Lipinski definition) is 0. The van der Waals surface area contributed by atoms with E-state index in [1.165, 1.54) is 47.0 Å². The molecule has 162 valence electrons. The van der Waals surface area contributed by atoms with Crippen LogP contribution in [-0.4, -0.2) is 11.5 Å². The molecule has 34 heavy (non-hydrogen) atoms. The van der Waals surface area contributed by atoms with E-state index in [2.05, 4.69) is 20.9 Å². The molecule has 0 N–H and O–H groups in total. The van der Waals surface area contributed by atoms with Gasteiger partial charge in [-0.2, -0.15) is 10.5 Å². The summed E-state index contributed by atoms with van der Waals surface area (Å²) in [6, 6.07) is 7.65. The van der Waals surface area contributed by atoms with Gasteiger partial charge in [-0.25, -0.2) is 10.3 Å². The molecule has 10 heteroatoms. The first kappa shape index (κ1) is 21.2. The smallest absolute Gasteiger partial charge is 0.350 e. The minimum atomic E-state index is -0.223. The summed E-state index contributed by atoms with van der Waals surface area (Å²) in [4.78, 5) is 13.1. The average Bonchev–Trinajstić information content (AvgIpc) is 3.62. The number of thiophene rings is 4. The van der Waals surface area contributed by atoms with Crippen LogP contribution in [0.4, 0.5) is 5.00 Å². The maximum Gasteiger partial charge on any atom is 0.350 e. The van der Waals surface area contributed by atoms with Crippen LogP contribution in [0.25, 0.3) is 39.1 Å². The van der Waals surface area contributed by atoms with Crippen LogP contribution in [-0.2, 0) is 5.41 Å². The van der Waals surface area contributed by atoms with E-state index >= 15 is 0 Å². The van der Waals surface area contributed by atoms with Gasteiger partial charge in [0.1, 0.15) is 18.2 Å². The highest BCUT2D eigenvalue weighted by Crippen LogP contribution is 2.60. The van der Waals surface area contributed by atoms with E-state index < -0.39 is 0 Å². The van der Waals surface area contributed by atoms with Gasteiger partial charge in [0.05, 0.1) is 33.9 Å². The maximum atomic E-state index is 9.30. The number of nitriles is 3. The lowest BCUT2D eigenvalue weighted by molar-refractivity contribution is 0.346. The summed E-state index contributed by atoms with van der Waals surface area (Å²) in [7, 11) is 0. The molecule has 0 atom stereocenters. The van der Waals surface area contributed by atoms with E-state index in [0.29, 0.717) is 5.00 Å². The van der Waals surface area contributed by atoms with Crippen LogP contribution in [0.3, 0.4) is 0 Å². The van der Waals surface area contributed by atoms with Crippen molar-refractivity contribution in [3.63, 3.8) is 0 Å². The first-order valence-corrected chi connectivity index (χ1v) is 13.8. The van der Waals surface area contributed by atoms with E-state index in [4.69, 9.17) is 11.8 Å². The number of amidine groups is 1. The molecule has 1 spiro atoms. The highest BCUT2D eigenvalue weighted by Gasteiger charge is 2.46. The van der Waals surface area contributed by atoms with Gasteiger partial charge < -0.3 is 4.85 Å². The van der Waals surface area contributed by atoms with Crippen molar-refractivity contribution in [2.24, 2.45) is 9.98 Å². The zero-order valence-electron chi connectivity index (χ0n) is 17.5. The molecule has 0 aliphatic heterocycles. The number of hydrogen-bond acceptors (Lipinski definition) is 9. The summed E-state index contributed by atoms with van der Waals surface area (Å²) in [6.07, 6.45) is 7.48. The van der Waals surface area contributed by atoms with Crippen LogP contribution < -0.4 is 0 Å². The van der Waals surface area contributed by atoms with Crippen LogP contribution in [0, 0.1) is 40.6 Å². The monoisotopic (exact) mass is 512 g/mol. The van der Waals surface area contributed by atoms with Crippen LogP contribution in [0.5, 0.6) is 0 Å². The largest absolute Gasteiger partial charge is 0.351 e. The normalized spacial score (nSPS) is 16.7. The molecule has 4 aromatic heterocycles. The Morgan fingerprint density at radius 2 is 1.62 bits per heavy atom. The SMILES string of the molecule is [C-]#[N+]C(C#N)=Nc1cc2sc3c4sc5c(c4sc3c2s1)C1(CCCCC1)C(N=C(C#N)C#N)=C5. The van der Waals surface area contributed by atoms with Gasteiger partial charge in [0.2, 0.25) is 10.7 Å². The Hall–Kier alpha value is -3.38. The van der Waals surface area contributed by atoms with E-state index in [9.17, 15) is 10.5 Å². The molecule has 6 rings (SSSR count). The lowest BCUT2D eigenvalue weighted by atomic mass is 9.70. The third-order valence-electron chi connectivity index (χ3n) is 6.42. The lowest BCUT2D eigenvalue weighted by Gasteiger charge is -2.35. The summed E-state index contributed by atoms with van der Waals surface area (Å²) >= 11 is 6.84. The predicted molar refractivity (Wildman–Crippen MR) is 141 cm³/mol. The van der Waals surface area contributed by atoms with Crippen molar-refractivity contribution in [3.05, 3.63) is 33.6 Å². The van der Waals surface area contributed by atoms with Gasteiger partial charge in [0.25, 0.3) is 0 Å². The zero-order valence-corrected chi connectivity index (χ0v) is 20.8. The second-order valence-electron chi connectivity index (χ2n) is 8.16. The highest BCUT2D eigenvalue weighted by molar-refractivity contribution is 7.45. The Labute approximate surface area is 210 Å². The molecule has 0 unspecified atom stereocenters.